The number of aryl methyl sites for hydroxylation is 1. The highest BCUT2D eigenvalue weighted by Crippen LogP contribution is 2.20. The second-order valence-corrected chi connectivity index (χ2v) is 5.57. The lowest BCUT2D eigenvalue weighted by Crippen LogP contribution is -2.27. The second kappa shape index (κ2) is 7.11. The summed E-state index contributed by atoms with van der Waals surface area (Å²) in [5.41, 5.74) is 2.36. The van der Waals surface area contributed by atoms with Gasteiger partial charge in [-0.3, -0.25) is 9.89 Å². The summed E-state index contributed by atoms with van der Waals surface area (Å²) in [5.74, 6) is 0.625. The smallest absolute Gasteiger partial charge is 0.272 e. The van der Waals surface area contributed by atoms with E-state index in [9.17, 15) is 4.79 Å². The molecule has 2 rings (SSSR count). The number of hydrogen-bond donors (Lipinski definition) is 2. The van der Waals surface area contributed by atoms with Crippen molar-refractivity contribution < 1.29 is 9.53 Å². The number of aromatic nitrogens is 2. The van der Waals surface area contributed by atoms with Gasteiger partial charge < -0.3 is 10.1 Å². The molecule has 0 saturated heterocycles. The highest BCUT2D eigenvalue weighted by Gasteiger charge is 2.14. The zero-order chi connectivity index (χ0) is 16.1. The van der Waals surface area contributed by atoms with E-state index in [-0.39, 0.29) is 18.1 Å². The van der Waals surface area contributed by atoms with Crippen LogP contribution in [0.25, 0.3) is 0 Å². The third-order valence-electron chi connectivity index (χ3n) is 3.32. The van der Waals surface area contributed by atoms with Crippen LogP contribution in [0.1, 0.15) is 55.5 Å². The largest absolute Gasteiger partial charge is 0.491 e. The Morgan fingerprint density at radius 3 is 2.73 bits per heavy atom. The molecule has 2 aromatic rings. The van der Waals surface area contributed by atoms with Gasteiger partial charge in [-0.05, 0) is 51.0 Å². The lowest BCUT2D eigenvalue weighted by molar-refractivity contribution is 0.0934. The first-order valence-electron chi connectivity index (χ1n) is 7.61. The second-order valence-electron chi connectivity index (χ2n) is 5.57. The number of ether oxygens (including phenoxy) is 1. The number of carbonyl (C=O) groups is 1. The molecule has 118 valence electrons. The first-order valence-corrected chi connectivity index (χ1v) is 7.61. The maximum atomic E-state index is 12.2. The summed E-state index contributed by atoms with van der Waals surface area (Å²) in [7, 11) is 0. The molecule has 2 N–H and O–H groups in total. The van der Waals surface area contributed by atoms with Crippen molar-refractivity contribution in [1.29, 1.82) is 0 Å². The summed E-state index contributed by atoms with van der Waals surface area (Å²) < 4.78 is 5.68. The molecule has 0 radical (unpaired) electrons. The lowest BCUT2D eigenvalue weighted by Gasteiger charge is -2.16. The number of nitrogens with one attached hydrogen (secondary N) is 2. The van der Waals surface area contributed by atoms with E-state index < -0.39 is 0 Å². The Labute approximate surface area is 131 Å². The van der Waals surface area contributed by atoms with Gasteiger partial charge in [0, 0.05) is 5.69 Å². The molecule has 22 heavy (non-hydrogen) atoms. The first-order chi connectivity index (χ1) is 10.5. The fraction of sp³-hybridized carbons (Fsp3) is 0.412. The van der Waals surface area contributed by atoms with Crippen LogP contribution in [0.4, 0.5) is 0 Å². The Hall–Kier alpha value is -2.30. The van der Waals surface area contributed by atoms with E-state index in [0.29, 0.717) is 5.69 Å². The molecular formula is C17H23N3O2. The fourth-order valence-electron chi connectivity index (χ4n) is 2.14. The Kier molecular flexibility index (Phi) is 5.20. The van der Waals surface area contributed by atoms with Gasteiger partial charge in [0.2, 0.25) is 0 Å². The van der Waals surface area contributed by atoms with E-state index in [0.717, 1.165) is 23.4 Å². The normalized spacial score (nSPS) is 12.2. The number of carbonyl (C=O) groups excluding carboxylic acids is 1. The van der Waals surface area contributed by atoms with Crippen LogP contribution < -0.4 is 10.1 Å². The van der Waals surface area contributed by atoms with Crippen LogP contribution in [0, 0.1) is 0 Å². The molecule has 0 aliphatic heterocycles. The zero-order valence-corrected chi connectivity index (χ0v) is 13.5. The minimum absolute atomic E-state index is 0.120. The summed E-state index contributed by atoms with van der Waals surface area (Å²) in [5, 5.41) is 9.83. The third-order valence-corrected chi connectivity index (χ3v) is 3.32. The minimum atomic E-state index is -0.182. The number of amides is 1. The third kappa shape index (κ3) is 4.10. The SMILES string of the molecule is CCc1cc(C(=O)NC(C)c2cccc(OC(C)C)c2)n[nH]1. The lowest BCUT2D eigenvalue weighted by atomic mass is 10.1. The standard InChI is InChI=1S/C17H23N3O2/c1-5-14-10-16(20-19-14)17(21)18-12(4)13-7-6-8-15(9-13)22-11(2)3/h6-12H,5H2,1-4H3,(H,18,21)(H,19,20). The summed E-state index contributed by atoms with van der Waals surface area (Å²) in [4.78, 5) is 12.2. The average Bonchev–Trinajstić information content (AvgIpc) is 2.95. The Balaban J connectivity index is 2.05. The predicted molar refractivity (Wildman–Crippen MR) is 86.1 cm³/mol. The Morgan fingerprint density at radius 2 is 2.09 bits per heavy atom. The van der Waals surface area contributed by atoms with Gasteiger partial charge in [0.05, 0.1) is 12.1 Å². The highest BCUT2D eigenvalue weighted by molar-refractivity contribution is 5.92. The van der Waals surface area contributed by atoms with Gasteiger partial charge in [-0.1, -0.05) is 19.1 Å². The Bertz CT molecular complexity index is 634. The summed E-state index contributed by atoms with van der Waals surface area (Å²) in [6.07, 6.45) is 0.946. The fourth-order valence-corrected chi connectivity index (χ4v) is 2.14. The number of benzene rings is 1. The number of aromatic amines is 1. The Morgan fingerprint density at radius 1 is 1.32 bits per heavy atom. The molecule has 5 heteroatoms. The molecule has 0 fully saturated rings. The van der Waals surface area contributed by atoms with Crippen molar-refractivity contribution >= 4 is 5.91 Å². The molecule has 5 nitrogen and oxygen atoms in total. The molecule has 1 aromatic carbocycles. The van der Waals surface area contributed by atoms with Gasteiger partial charge in [-0.15, -0.1) is 0 Å². The van der Waals surface area contributed by atoms with E-state index in [1.807, 2.05) is 52.0 Å². The number of hydrogen-bond acceptors (Lipinski definition) is 3. The van der Waals surface area contributed by atoms with Crippen molar-refractivity contribution in [2.75, 3.05) is 0 Å². The minimum Gasteiger partial charge on any atom is -0.491 e. The summed E-state index contributed by atoms with van der Waals surface area (Å²) in [6, 6.07) is 9.43. The number of nitrogens with zero attached hydrogens (tertiary/aromatic N) is 1. The van der Waals surface area contributed by atoms with Crippen molar-refractivity contribution in [3.8, 4) is 5.75 Å². The number of H-pyrrole nitrogens is 1. The number of rotatable bonds is 6. The van der Waals surface area contributed by atoms with Crippen molar-refractivity contribution in [3.05, 3.63) is 47.3 Å². The van der Waals surface area contributed by atoms with E-state index >= 15 is 0 Å². The van der Waals surface area contributed by atoms with Crippen molar-refractivity contribution in [2.45, 2.75) is 46.3 Å². The van der Waals surface area contributed by atoms with E-state index in [1.165, 1.54) is 0 Å². The molecule has 0 bridgehead atoms. The average molecular weight is 301 g/mol. The topological polar surface area (TPSA) is 67.0 Å². The van der Waals surface area contributed by atoms with Crippen molar-refractivity contribution in [3.63, 3.8) is 0 Å². The van der Waals surface area contributed by atoms with Gasteiger partial charge in [-0.2, -0.15) is 5.10 Å². The van der Waals surface area contributed by atoms with Crippen LogP contribution >= 0.6 is 0 Å². The monoisotopic (exact) mass is 301 g/mol. The van der Waals surface area contributed by atoms with Crippen LogP contribution in [-0.2, 0) is 6.42 Å². The van der Waals surface area contributed by atoms with Gasteiger partial charge in [0.25, 0.3) is 5.91 Å². The van der Waals surface area contributed by atoms with Crippen LogP contribution in [0.2, 0.25) is 0 Å². The highest BCUT2D eigenvalue weighted by atomic mass is 16.5. The van der Waals surface area contributed by atoms with Crippen molar-refractivity contribution in [1.82, 2.24) is 15.5 Å². The van der Waals surface area contributed by atoms with Gasteiger partial charge in [-0.25, -0.2) is 0 Å². The van der Waals surface area contributed by atoms with Gasteiger partial charge in [0.15, 0.2) is 0 Å². The molecular weight excluding hydrogens is 278 g/mol. The van der Waals surface area contributed by atoms with Crippen LogP contribution in [0.15, 0.2) is 30.3 Å². The maximum Gasteiger partial charge on any atom is 0.272 e. The van der Waals surface area contributed by atoms with E-state index in [2.05, 4.69) is 15.5 Å². The zero-order valence-electron chi connectivity index (χ0n) is 13.5. The van der Waals surface area contributed by atoms with Gasteiger partial charge in [0.1, 0.15) is 11.4 Å². The molecule has 0 aliphatic rings. The van der Waals surface area contributed by atoms with E-state index in [1.54, 1.807) is 6.07 Å². The van der Waals surface area contributed by atoms with Gasteiger partial charge >= 0.3 is 0 Å². The predicted octanol–water partition coefficient (Wildman–Crippen LogP) is 3.25. The molecule has 1 unspecified atom stereocenters. The summed E-state index contributed by atoms with van der Waals surface area (Å²) >= 11 is 0. The molecule has 1 atom stereocenters. The molecule has 1 heterocycles. The van der Waals surface area contributed by atoms with Crippen LogP contribution in [0.3, 0.4) is 0 Å². The van der Waals surface area contributed by atoms with E-state index in [4.69, 9.17) is 4.74 Å². The summed E-state index contributed by atoms with van der Waals surface area (Å²) in [6.45, 7) is 7.93. The molecule has 1 aromatic heterocycles. The first kappa shape index (κ1) is 16.1. The van der Waals surface area contributed by atoms with Crippen LogP contribution in [-0.4, -0.2) is 22.2 Å². The molecule has 1 amide bonds. The quantitative estimate of drug-likeness (QED) is 0.860. The molecule has 0 spiro atoms. The van der Waals surface area contributed by atoms with Crippen LogP contribution in [0.5, 0.6) is 5.75 Å². The molecule has 0 aliphatic carbocycles. The molecule has 0 saturated carbocycles. The maximum absolute atomic E-state index is 12.2. The van der Waals surface area contributed by atoms with Crippen molar-refractivity contribution in [2.24, 2.45) is 0 Å².